The minimum Gasteiger partial charge on any atom is -0.365 e. The van der Waals surface area contributed by atoms with E-state index in [0.29, 0.717) is 42.5 Å². The van der Waals surface area contributed by atoms with Gasteiger partial charge >= 0.3 is 6.03 Å². The molecule has 1 aromatic rings. The van der Waals surface area contributed by atoms with Crippen molar-refractivity contribution < 1.29 is 14.4 Å². The smallest absolute Gasteiger partial charge is 0.318 e. The average Bonchev–Trinajstić information content (AvgIpc) is 3.57. The summed E-state index contributed by atoms with van der Waals surface area (Å²) in [7, 11) is 0. The number of amides is 4. The Kier molecular flexibility index (Phi) is 5.62. The molecule has 1 aromatic carbocycles. The number of hydrogen-bond acceptors (Lipinski definition) is 4. The monoisotopic (exact) mass is 452 g/mol. The number of hydrogen-bond donors (Lipinski definition) is 2. The van der Waals surface area contributed by atoms with E-state index in [2.05, 4.69) is 17.1 Å². The Morgan fingerprint density at radius 1 is 1.20 bits per heavy atom. The summed E-state index contributed by atoms with van der Waals surface area (Å²) in [5.41, 5.74) is 5.53. The van der Waals surface area contributed by atoms with E-state index in [4.69, 9.17) is 28.9 Å². The summed E-state index contributed by atoms with van der Waals surface area (Å²) in [6.45, 7) is 4.00. The number of primary amides is 1. The highest BCUT2D eigenvalue weighted by molar-refractivity contribution is 6.42. The molecule has 0 bridgehead atoms. The minimum absolute atomic E-state index is 0.0137. The number of rotatable bonds is 5. The Labute approximate surface area is 185 Å². The number of halogens is 2. The third kappa shape index (κ3) is 3.97. The number of carbonyl (C=O) groups is 3. The van der Waals surface area contributed by atoms with Gasteiger partial charge in [-0.2, -0.15) is 0 Å². The molecule has 4 amide bonds. The molecule has 9 heteroatoms. The Hall–Kier alpha value is -1.99. The summed E-state index contributed by atoms with van der Waals surface area (Å²) < 4.78 is 0. The molecule has 0 radical (unpaired) electrons. The van der Waals surface area contributed by atoms with Crippen LogP contribution in [0.25, 0.3) is 0 Å². The summed E-state index contributed by atoms with van der Waals surface area (Å²) in [6.07, 6.45) is 2.93. The number of benzene rings is 1. The fraction of sp³-hybridized carbons (Fsp3) is 0.571. The van der Waals surface area contributed by atoms with Gasteiger partial charge < -0.3 is 15.5 Å². The van der Waals surface area contributed by atoms with Crippen molar-refractivity contribution in [3.63, 3.8) is 0 Å². The normalized spacial score (nSPS) is 28.2. The molecule has 3 atom stereocenters. The van der Waals surface area contributed by atoms with Crippen molar-refractivity contribution in [3.8, 4) is 0 Å². The number of imide groups is 1. The van der Waals surface area contributed by atoms with Gasteiger partial charge in [0.05, 0.1) is 15.5 Å². The molecule has 0 aromatic heterocycles. The van der Waals surface area contributed by atoms with Gasteiger partial charge in [-0.05, 0) is 56.2 Å². The molecule has 1 heterocycles. The van der Waals surface area contributed by atoms with Crippen molar-refractivity contribution in [3.05, 3.63) is 28.2 Å². The number of anilines is 1. The summed E-state index contributed by atoms with van der Waals surface area (Å²) in [6, 6.07) is 4.87. The van der Waals surface area contributed by atoms with Crippen LogP contribution >= 0.6 is 23.2 Å². The van der Waals surface area contributed by atoms with E-state index in [1.807, 2.05) is 17.0 Å². The second kappa shape index (κ2) is 7.93. The van der Waals surface area contributed by atoms with Crippen molar-refractivity contribution in [1.82, 2.24) is 10.2 Å². The van der Waals surface area contributed by atoms with Crippen LogP contribution in [0.5, 0.6) is 0 Å². The molecule has 2 saturated carbocycles. The Bertz CT molecular complexity index is 891. The lowest BCUT2D eigenvalue weighted by atomic mass is 9.94. The number of urea groups is 1. The summed E-state index contributed by atoms with van der Waals surface area (Å²) in [5.74, 6) is 0.00322. The lowest BCUT2D eigenvalue weighted by Gasteiger charge is -2.41. The maximum atomic E-state index is 13.0. The van der Waals surface area contributed by atoms with Crippen molar-refractivity contribution in [2.75, 3.05) is 24.5 Å². The Morgan fingerprint density at radius 3 is 2.53 bits per heavy atom. The van der Waals surface area contributed by atoms with Gasteiger partial charge in [0.1, 0.15) is 0 Å². The van der Waals surface area contributed by atoms with E-state index in [1.165, 1.54) is 0 Å². The van der Waals surface area contributed by atoms with Crippen LogP contribution in [0.3, 0.4) is 0 Å². The van der Waals surface area contributed by atoms with E-state index in [0.717, 1.165) is 18.5 Å². The highest BCUT2D eigenvalue weighted by Gasteiger charge is 2.67. The quantitative estimate of drug-likeness (QED) is 0.717. The van der Waals surface area contributed by atoms with Gasteiger partial charge in [0.15, 0.2) is 0 Å². The van der Waals surface area contributed by atoms with E-state index >= 15 is 0 Å². The largest absolute Gasteiger partial charge is 0.365 e. The second-order valence-electron chi connectivity index (χ2n) is 8.72. The van der Waals surface area contributed by atoms with Crippen LogP contribution in [-0.4, -0.2) is 48.4 Å². The van der Waals surface area contributed by atoms with Crippen molar-refractivity contribution in [2.45, 2.75) is 38.6 Å². The molecule has 0 spiro atoms. The predicted octanol–water partition coefficient (Wildman–Crippen LogP) is 3.03. The van der Waals surface area contributed by atoms with Crippen molar-refractivity contribution in [1.29, 1.82) is 0 Å². The van der Waals surface area contributed by atoms with Crippen LogP contribution in [0.15, 0.2) is 18.2 Å². The zero-order valence-electron chi connectivity index (χ0n) is 16.9. The third-order valence-electron chi connectivity index (χ3n) is 6.75. The van der Waals surface area contributed by atoms with Gasteiger partial charge in [-0.1, -0.05) is 23.2 Å². The van der Waals surface area contributed by atoms with Crippen LogP contribution < -0.4 is 16.0 Å². The highest BCUT2D eigenvalue weighted by Crippen LogP contribution is 2.66. The number of piperazine rings is 1. The SMILES string of the molecule is C[C@H]1CN(C(=O)CC2C[C@]2(C(=O)NC(N)=O)C2CC2)CCN1c1ccc(Cl)c(Cl)c1. The maximum absolute atomic E-state index is 13.0. The number of nitrogens with zero attached hydrogens (tertiary/aromatic N) is 2. The fourth-order valence-corrected chi connectivity index (χ4v) is 5.26. The molecule has 1 aliphatic heterocycles. The summed E-state index contributed by atoms with van der Waals surface area (Å²) in [4.78, 5) is 40.7. The molecule has 30 heavy (non-hydrogen) atoms. The van der Waals surface area contributed by atoms with E-state index < -0.39 is 11.4 Å². The van der Waals surface area contributed by atoms with Crippen LogP contribution in [0.4, 0.5) is 10.5 Å². The molecular formula is C21H26Cl2N4O3. The van der Waals surface area contributed by atoms with E-state index in [9.17, 15) is 14.4 Å². The molecule has 4 rings (SSSR count). The van der Waals surface area contributed by atoms with Crippen molar-refractivity contribution >= 4 is 46.7 Å². The Balaban J connectivity index is 1.36. The molecule has 1 saturated heterocycles. The predicted molar refractivity (Wildman–Crippen MR) is 115 cm³/mol. The van der Waals surface area contributed by atoms with Gasteiger partial charge in [-0.25, -0.2) is 4.79 Å². The molecule has 162 valence electrons. The molecule has 3 aliphatic rings. The lowest BCUT2D eigenvalue weighted by Crippen LogP contribution is -2.54. The lowest BCUT2D eigenvalue weighted by molar-refractivity contribution is -0.133. The van der Waals surface area contributed by atoms with Crippen LogP contribution in [0.2, 0.25) is 10.0 Å². The van der Waals surface area contributed by atoms with Crippen LogP contribution in [-0.2, 0) is 9.59 Å². The molecule has 3 fully saturated rings. The fourth-order valence-electron chi connectivity index (χ4n) is 4.96. The van der Waals surface area contributed by atoms with Crippen molar-refractivity contribution in [2.24, 2.45) is 23.0 Å². The standard InChI is InChI=1S/C21H26Cl2N4O3/c1-12-11-26(6-7-27(12)15-4-5-16(22)17(23)9-15)18(28)8-14-10-21(14,13-2-3-13)19(29)25-20(24)30/h4-5,9,12-14H,2-3,6-8,10-11H2,1H3,(H3,24,25,29,30)/t12-,14?,21-/m0/s1. The first-order valence-electron chi connectivity index (χ1n) is 10.3. The molecule has 1 unspecified atom stereocenters. The first kappa shape index (κ1) is 21.2. The molecule has 7 nitrogen and oxygen atoms in total. The van der Waals surface area contributed by atoms with Gasteiger partial charge in [0.2, 0.25) is 11.8 Å². The van der Waals surface area contributed by atoms with Gasteiger partial charge in [-0.3, -0.25) is 14.9 Å². The average molecular weight is 453 g/mol. The summed E-state index contributed by atoms with van der Waals surface area (Å²) in [5, 5.41) is 3.27. The third-order valence-corrected chi connectivity index (χ3v) is 7.49. The topological polar surface area (TPSA) is 95.7 Å². The maximum Gasteiger partial charge on any atom is 0.318 e. The number of nitrogens with two attached hydrogens (primary N) is 1. The van der Waals surface area contributed by atoms with Crippen LogP contribution in [0, 0.1) is 17.3 Å². The van der Waals surface area contributed by atoms with Gasteiger partial charge in [0, 0.05) is 37.8 Å². The van der Waals surface area contributed by atoms with E-state index in [-0.39, 0.29) is 29.7 Å². The molecule has 2 aliphatic carbocycles. The zero-order valence-corrected chi connectivity index (χ0v) is 18.4. The van der Waals surface area contributed by atoms with Gasteiger partial charge in [-0.15, -0.1) is 0 Å². The zero-order chi connectivity index (χ0) is 21.6. The van der Waals surface area contributed by atoms with Crippen LogP contribution in [0.1, 0.15) is 32.6 Å². The molecule has 3 N–H and O–H groups in total. The number of nitrogens with one attached hydrogen (secondary N) is 1. The van der Waals surface area contributed by atoms with E-state index in [1.54, 1.807) is 6.07 Å². The molecular weight excluding hydrogens is 427 g/mol. The summed E-state index contributed by atoms with van der Waals surface area (Å²) >= 11 is 12.2. The first-order valence-corrected chi connectivity index (χ1v) is 11.1. The number of carbonyl (C=O) groups excluding carboxylic acids is 3. The highest BCUT2D eigenvalue weighted by atomic mass is 35.5. The second-order valence-corrected chi connectivity index (χ2v) is 9.53. The minimum atomic E-state index is -0.829. The first-order chi connectivity index (χ1) is 14.2. The Morgan fingerprint density at radius 2 is 1.93 bits per heavy atom. The van der Waals surface area contributed by atoms with Gasteiger partial charge in [0.25, 0.3) is 0 Å².